The van der Waals surface area contributed by atoms with E-state index in [9.17, 15) is 4.79 Å². The fourth-order valence-corrected chi connectivity index (χ4v) is 2.97. The Morgan fingerprint density at radius 1 is 1.14 bits per heavy atom. The first-order valence-electron chi connectivity index (χ1n) is 8.95. The molecule has 1 amide bonds. The van der Waals surface area contributed by atoms with Gasteiger partial charge in [0.05, 0.1) is 32.4 Å². The number of rotatable bonds is 7. The lowest BCUT2D eigenvalue weighted by Crippen LogP contribution is -2.31. The van der Waals surface area contributed by atoms with Gasteiger partial charge in [-0.25, -0.2) is 9.67 Å². The Morgan fingerprint density at radius 3 is 2.50 bits per heavy atom. The average Bonchev–Trinajstić information content (AvgIpc) is 3.28. The molecule has 3 rings (SSSR count). The third-order valence-electron chi connectivity index (χ3n) is 4.87. The van der Waals surface area contributed by atoms with Crippen LogP contribution in [0.3, 0.4) is 0 Å². The van der Waals surface area contributed by atoms with Crippen LogP contribution < -0.4 is 9.47 Å². The molecule has 1 atom stereocenters. The molecule has 0 saturated heterocycles. The second-order valence-electron chi connectivity index (χ2n) is 6.47. The van der Waals surface area contributed by atoms with Gasteiger partial charge in [0.25, 0.3) is 0 Å². The van der Waals surface area contributed by atoms with Crippen molar-refractivity contribution in [1.29, 1.82) is 0 Å². The van der Waals surface area contributed by atoms with E-state index >= 15 is 0 Å². The maximum Gasteiger partial charge on any atom is 0.227 e. The van der Waals surface area contributed by atoms with E-state index in [4.69, 9.17) is 9.47 Å². The van der Waals surface area contributed by atoms with Crippen molar-refractivity contribution in [3.05, 3.63) is 66.2 Å². The first-order chi connectivity index (χ1) is 13.5. The van der Waals surface area contributed by atoms with E-state index in [0.717, 1.165) is 16.8 Å². The van der Waals surface area contributed by atoms with Gasteiger partial charge in [-0.05, 0) is 30.7 Å². The lowest BCUT2D eigenvalue weighted by Gasteiger charge is -2.26. The Morgan fingerprint density at radius 2 is 1.89 bits per heavy atom. The van der Waals surface area contributed by atoms with Crippen LogP contribution in [0.2, 0.25) is 0 Å². The van der Waals surface area contributed by atoms with Crippen LogP contribution in [-0.2, 0) is 11.2 Å². The molecule has 3 aromatic rings. The molecule has 146 valence electrons. The van der Waals surface area contributed by atoms with Crippen molar-refractivity contribution in [3.63, 3.8) is 0 Å². The summed E-state index contributed by atoms with van der Waals surface area (Å²) in [7, 11) is 5.00. The molecule has 0 aliphatic carbocycles. The van der Waals surface area contributed by atoms with Crippen molar-refractivity contribution in [3.8, 4) is 17.2 Å². The van der Waals surface area contributed by atoms with E-state index in [1.807, 2.05) is 50.4 Å². The highest BCUT2D eigenvalue weighted by molar-refractivity contribution is 5.79. The van der Waals surface area contributed by atoms with Crippen molar-refractivity contribution in [1.82, 2.24) is 19.7 Å². The zero-order chi connectivity index (χ0) is 20.1. The fourth-order valence-electron chi connectivity index (χ4n) is 2.97. The Bertz CT molecular complexity index is 923. The molecule has 0 N–H and O–H groups in total. The van der Waals surface area contributed by atoms with E-state index in [-0.39, 0.29) is 18.4 Å². The van der Waals surface area contributed by atoms with Gasteiger partial charge in [-0.3, -0.25) is 4.79 Å². The highest BCUT2D eigenvalue weighted by Crippen LogP contribution is 2.27. The Balaban J connectivity index is 1.70. The number of hydrogen-bond acceptors (Lipinski definition) is 5. The Labute approximate surface area is 164 Å². The van der Waals surface area contributed by atoms with Gasteiger partial charge in [-0.2, -0.15) is 5.10 Å². The standard InChI is InChI=1S/C21H24N4O3/c1-15(16-5-8-18(9-6-16)25-14-22-13-23-25)24(2)21(26)11-17-7-10-19(27-3)12-20(17)28-4/h5-10,12-15H,11H2,1-4H3. The zero-order valence-corrected chi connectivity index (χ0v) is 16.5. The molecule has 0 fully saturated rings. The van der Waals surface area contributed by atoms with Crippen molar-refractivity contribution in [2.45, 2.75) is 19.4 Å². The van der Waals surface area contributed by atoms with Gasteiger partial charge in [0.1, 0.15) is 24.2 Å². The third-order valence-corrected chi connectivity index (χ3v) is 4.87. The summed E-state index contributed by atoms with van der Waals surface area (Å²) in [6.07, 6.45) is 3.40. The van der Waals surface area contributed by atoms with Gasteiger partial charge in [0, 0.05) is 18.7 Å². The molecule has 0 saturated carbocycles. The number of hydrogen-bond donors (Lipinski definition) is 0. The SMILES string of the molecule is COc1ccc(CC(=O)N(C)C(C)c2ccc(-n3cncn3)cc2)c(OC)c1. The summed E-state index contributed by atoms with van der Waals surface area (Å²) in [4.78, 5) is 18.5. The number of ether oxygens (including phenoxy) is 2. The van der Waals surface area contributed by atoms with E-state index < -0.39 is 0 Å². The number of methoxy groups -OCH3 is 2. The van der Waals surface area contributed by atoms with Crippen LogP contribution in [0.25, 0.3) is 5.69 Å². The predicted octanol–water partition coefficient (Wildman–Crippen LogP) is 3.05. The molecular formula is C21H24N4O3. The van der Waals surface area contributed by atoms with E-state index in [0.29, 0.717) is 11.5 Å². The second kappa shape index (κ2) is 8.56. The van der Waals surface area contributed by atoms with Crippen molar-refractivity contribution in [2.75, 3.05) is 21.3 Å². The molecule has 0 spiro atoms. The number of carbonyl (C=O) groups is 1. The highest BCUT2D eigenvalue weighted by atomic mass is 16.5. The van der Waals surface area contributed by atoms with Crippen molar-refractivity contribution in [2.24, 2.45) is 0 Å². The molecule has 1 aromatic heterocycles. The van der Waals surface area contributed by atoms with Gasteiger partial charge in [-0.15, -0.1) is 0 Å². The average molecular weight is 380 g/mol. The monoisotopic (exact) mass is 380 g/mol. The lowest BCUT2D eigenvalue weighted by molar-refractivity contribution is -0.131. The number of amides is 1. The minimum atomic E-state index is -0.0680. The molecule has 0 radical (unpaired) electrons. The summed E-state index contributed by atoms with van der Waals surface area (Å²) in [6, 6.07) is 13.3. The van der Waals surface area contributed by atoms with Crippen LogP contribution in [0.4, 0.5) is 0 Å². The number of aromatic nitrogens is 3. The molecule has 1 unspecified atom stereocenters. The van der Waals surface area contributed by atoms with Crippen LogP contribution in [0.5, 0.6) is 11.5 Å². The minimum Gasteiger partial charge on any atom is -0.497 e. The van der Waals surface area contributed by atoms with Crippen LogP contribution in [0, 0.1) is 0 Å². The number of carbonyl (C=O) groups excluding carboxylic acids is 1. The molecule has 1 heterocycles. The van der Waals surface area contributed by atoms with Gasteiger partial charge < -0.3 is 14.4 Å². The van der Waals surface area contributed by atoms with Crippen molar-refractivity contribution < 1.29 is 14.3 Å². The summed E-state index contributed by atoms with van der Waals surface area (Å²) >= 11 is 0. The Kier molecular flexibility index (Phi) is 5.93. The molecule has 0 aliphatic heterocycles. The highest BCUT2D eigenvalue weighted by Gasteiger charge is 2.19. The lowest BCUT2D eigenvalue weighted by atomic mass is 10.0. The van der Waals surface area contributed by atoms with Crippen LogP contribution >= 0.6 is 0 Å². The topological polar surface area (TPSA) is 69.5 Å². The summed E-state index contributed by atoms with van der Waals surface area (Å²) in [5.74, 6) is 1.35. The van der Waals surface area contributed by atoms with Gasteiger partial charge in [0.15, 0.2) is 0 Å². The van der Waals surface area contributed by atoms with Gasteiger partial charge in [0.2, 0.25) is 5.91 Å². The third kappa shape index (κ3) is 4.14. The fraction of sp³-hybridized carbons (Fsp3) is 0.286. The number of nitrogens with zero attached hydrogens (tertiary/aromatic N) is 4. The molecular weight excluding hydrogens is 356 g/mol. The summed E-state index contributed by atoms with van der Waals surface area (Å²) < 4.78 is 12.3. The van der Waals surface area contributed by atoms with E-state index in [1.54, 1.807) is 36.2 Å². The molecule has 7 nitrogen and oxygen atoms in total. The molecule has 28 heavy (non-hydrogen) atoms. The van der Waals surface area contributed by atoms with Gasteiger partial charge in [-0.1, -0.05) is 18.2 Å². The first kappa shape index (κ1) is 19.4. The maximum atomic E-state index is 12.8. The Hall–Kier alpha value is -3.35. The van der Waals surface area contributed by atoms with E-state index in [2.05, 4.69) is 10.1 Å². The number of benzene rings is 2. The van der Waals surface area contributed by atoms with Crippen LogP contribution in [0.1, 0.15) is 24.1 Å². The first-order valence-corrected chi connectivity index (χ1v) is 8.95. The maximum absolute atomic E-state index is 12.8. The molecule has 0 bridgehead atoms. The normalized spacial score (nSPS) is 11.7. The van der Waals surface area contributed by atoms with E-state index in [1.165, 1.54) is 6.33 Å². The second-order valence-corrected chi connectivity index (χ2v) is 6.47. The summed E-state index contributed by atoms with van der Waals surface area (Å²) in [5, 5.41) is 4.12. The molecule has 2 aromatic carbocycles. The quantitative estimate of drug-likeness (QED) is 0.630. The minimum absolute atomic E-state index is 0.0105. The van der Waals surface area contributed by atoms with Crippen LogP contribution in [-0.4, -0.2) is 46.8 Å². The molecule has 7 heteroatoms. The number of likely N-dealkylation sites (N-methyl/N-ethyl adjacent to an activating group) is 1. The molecule has 0 aliphatic rings. The predicted molar refractivity (Wildman–Crippen MR) is 106 cm³/mol. The summed E-state index contributed by atoms with van der Waals surface area (Å²) in [6.45, 7) is 2.01. The summed E-state index contributed by atoms with van der Waals surface area (Å²) in [5.41, 5.74) is 2.79. The zero-order valence-electron chi connectivity index (χ0n) is 16.5. The van der Waals surface area contributed by atoms with Crippen molar-refractivity contribution >= 4 is 5.91 Å². The van der Waals surface area contributed by atoms with Gasteiger partial charge >= 0.3 is 0 Å². The van der Waals surface area contributed by atoms with Crippen LogP contribution in [0.15, 0.2) is 55.1 Å². The largest absolute Gasteiger partial charge is 0.497 e. The smallest absolute Gasteiger partial charge is 0.227 e.